The fourth-order valence-corrected chi connectivity index (χ4v) is 3.57. The average molecular weight is 415 g/mol. The predicted molar refractivity (Wildman–Crippen MR) is 108 cm³/mol. The third-order valence-corrected chi connectivity index (χ3v) is 5.16. The molecule has 0 radical (unpaired) electrons. The zero-order chi connectivity index (χ0) is 20.2. The molecule has 1 amide bonds. The Morgan fingerprint density at radius 3 is 2.66 bits per heavy atom. The molecule has 1 aliphatic rings. The fraction of sp³-hybridized carbons (Fsp3) is 0.286. The minimum Gasteiger partial charge on any atom is -0.366 e. The summed E-state index contributed by atoms with van der Waals surface area (Å²) in [5, 5.41) is 4.55. The summed E-state index contributed by atoms with van der Waals surface area (Å²) in [4.78, 5) is 20.6. The number of hydrogen-bond acceptors (Lipinski definition) is 5. The maximum atomic E-state index is 13.9. The van der Waals surface area contributed by atoms with Crippen LogP contribution in [0.4, 0.5) is 10.1 Å². The second-order valence-corrected chi connectivity index (χ2v) is 7.28. The molecular weight excluding hydrogens is 395 g/mol. The Morgan fingerprint density at radius 2 is 1.90 bits per heavy atom. The van der Waals surface area contributed by atoms with E-state index in [4.69, 9.17) is 16.1 Å². The minimum absolute atomic E-state index is 0.0284. The van der Waals surface area contributed by atoms with Gasteiger partial charge in [-0.1, -0.05) is 41.0 Å². The molecule has 6 nitrogen and oxygen atoms in total. The molecule has 8 heteroatoms. The van der Waals surface area contributed by atoms with E-state index in [1.54, 1.807) is 29.2 Å². The molecule has 0 aliphatic carbocycles. The van der Waals surface area contributed by atoms with Gasteiger partial charge in [-0.2, -0.15) is 4.98 Å². The monoisotopic (exact) mass is 414 g/mol. The van der Waals surface area contributed by atoms with E-state index in [1.807, 2.05) is 23.1 Å². The number of aromatic nitrogens is 2. The van der Waals surface area contributed by atoms with Crippen molar-refractivity contribution in [1.29, 1.82) is 0 Å². The highest BCUT2D eigenvalue weighted by molar-refractivity contribution is 6.30. The number of nitrogens with zero attached hydrogens (tertiary/aromatic N) is 4. The Hall–Kier alpha value is -2.93. The van der Waals surface area contributed by atoms with Crippen molar-refractivity contribution in [2.24, 2.45) is 0 Å². The fourth-order valence-electron chi connectivity index (χ4n) is 3.38. The van der Waals surface area contributed by atoms with Crippen LogP contribution in [0.25, 0.3) is 11.4 Å². The van der Waals surface area contributed by atoms with Crippen LogP contribution in [-0.4, -0.2) is 47.1 Å². The van der Waals surface area contributed by atoms with Crippen molar-refractivity contribution in [3.63, 3.8) is 0 Å². The average Bonchev–Trinajstić information content (AvgIpc) is 3.22. The first kappa shape index (κ1) is 19.4. The number of hydrogen-bond donors (Lipinski definition) is 0. The van der Waals surface area contributed by atoms with Gasteiger partial charge in [-0.25, -0.2) is 4.39 Å². The molecule has 29 heavy (non-hydrogen) atoms. The molecule has 0 bridgehead atoms. The zero-order valence-corrected chi connectivity index (χ0v) is 16.5. The number of halogens is 2. The standard InChI is InChI=1S/C21H20ClFN4O2/c22-16-5-3-4-15(14-16)21-24-19(29-25-21)8-9-20(28)27-12-10-26(11-13-27)18-7-2-1-6-17(18)23/h1-7,14H,8-13H2. The van der Waals surface area contributed by atoms with E-state index in [0.29, 0.717) is 55.0 Å². The Labute approximate surface area is 172 Å². The molecule has 0 spiro atoms. The van der Waals surface area contributed by atoms with Crippen LogP contribution < -0.4 is 4.90 Å². The van der Waals surface area contributed by atoms with Crippen molar-refractivity contribution in [3.05, 3.63) is 65.3 Å². The normalized spacial score (nSPS) is 14.3. The quantitative estimate of drug-likeness (QED) is 0.635. The highest BCUT2D eigenvalue weighted by atomic mass is 35.5. The van der Waals surface area contributed by atoms with Crippen molar-refractivity contribution in [1.82, 2.24) is 15.0 Å². The van der Waals surface area contributed by atoms with Gasteiger partial charge in [-0.3, -0.25) is 4.79 Å². The molecule has 150 valence electrons. The maximum absolute atomic E-state index is 13.9. The molecule has 0 unspecified atom stereocenters. The number of amides is 1. The summed E-state index contributed by atoms with van der Waals surface area (Å²) in [6.45, 7) is 2.33. The number of para-hydroxylation sites is 1. The van der Waals surface area contributed by atoms with Gasteiger partial charge >= 0.3 is 0 Å². The Kier molecular flexibility index (Phi) is 5.76. The van der Waals surface area contributed by atoms with Gasteiger partial charge < -0.3 is 14.3 Å². The van der Waals surface area contributed by atoms with Gasteiger partial charge in [-0.15, -0.1) is 0 Å². The van der Waals surface area contributed by atoms with Crippen LogP contribution >= 0.6 is 11.6 Å². The van der Waals surface area contributed by atoms with Crippen LogP contribution in [0.15, 0.2) is 53.1 Å². The molecule has 0 N–H and O–H groups in total. The summed E-state index contributed by atoms with van der Waals surface area (Å²) < 4.78 is 19.2. The number of anilines is 1. The molecule has 0 atom stereocenters. The second kappa shape index (κ2) is 8.61. The van der Waals surface area contributed by atoms with E-state index in [1.165, 1.54) is 6.07 Å². The van der Waals surface area contributed by atoms with Crippen LogP contribution in [-0.2, 0) is 11.2 Å². The Bertz CT molecular complexity index is 1000. The Morgan fingerprint density at radius 1 is 1.10 bits per heavy atom. The van der Waals surface area contributed by atoms with E-state index in [9.17, 15) is 9.18 Å². The van der Waals surface area contributed by atoms with Crippen molar-refractivity contribution in [2.45, 2.75) is 12.8 Å². The summed E-state index contributed by atoms with van der Waals surface area (Å²) in [6, 6.07) is 13.9. The number of aryl methyl sites for hydroxylation is 1. The molecule has 4 rings (SSSR count). The van der Waals surface area contributed by atoms with Crippen LogP contribution in [0, 0.1) is 5.82 Å². The number of piperazine rings is 1. The van der Waals surface area contributed by atoms with Crippen LogP contribution in [0.1, 0.15) is 12.3 Å². The minimum atomic E-state index is -0.237. The molecule has 1 saturated heterocycles. The third-order valence-electron chi connectivity index (χ3n) is 4.93. The third kappa shape index (κ3) is 4.56. The van der Waals surface area contributed by atoms with Crippen molar-refractivity contribution in [2.75, 3.05) is 31.1 Å². The number of rotatable bonds is 5. The van der Waals surface area contributed by atoms with Crippen molar-refractivity contribution >= 4 is 23.2 Å². The van der Waals surface area contributed by atoms with Gasteiger partial charge in [0.15, 0.2) is 0 Å². The molecule has 1 aromatic heterocycles. The van der Waals surface area contributed by atoms with Crippen molar-refractivity contribution < 1.29 is 13.7 Å². The molecule has 3 aromatic rings. The molecule has 1 aliphatic heterocycles. The van der Waals surface area contributed by atoms with E-state index in [0.717, 1.165) is 5.56 Å². The van der Waals surface area contributed by atoms with Crippen molar-refractivity contribution in [3.8, 4) is 11.4 Å². The SMILES string of the molecule is O=C(CCc1nc(-c2cccc(Cl)c2)no1)N1CCN(c2ccccc2F)CC1. The van der Waals surface area contributed by atoms with Crippen LogP contribution in [0.2, 0.25) is 5.02 Å². The van der Waals surface area contributed by atoms with Gasteiger partial charge in [0.2, 0.25) is 17.6 Å². The lowest BCUT2D eigenvalue weighted by Gasteiger charge is -2.36. The molecule has 0 saturated carbocycles. The van der Waals surface area contributed by atoms with Gasteiger partial charge in [0.1, 0.15) is 5.82 Å². The lowest BCUT2D eigenvalue weighted by atomic mass is 10.2. The lowest BCUT2D eigenvalue weighted by molar-refractivity contribution is -0.131. The van der Waals surface area contributed by atoms with Crippen LogP contribution in [0.3, 0.4) is 0 Å². The van der Waals surface area contributed by atoms with Gasteiger partial charge in [0, 0.05) is 49.6 Å². The van der Waals surface area contributed by atoms with Crippen LogP contribution in [0.5, 0.6) is 0 Å². The van der Waals surface area contributed by atoms with E-state index >= 15 is 0 Å². The second-order valence-electron chi connectivity index (χ2n) is 6.84. The number of carbonyl (C=O) groups excluding carboxylic acids is 1. The first-order valence-electron chi connectivity index (χ1n) is 9.46. The maximum Gasteiger partial charge on any atom is 0.227 e. The topological polar surface area (TPSA) is 62.5 Å². The molecule has 1 fully saturated rings. The Balaban J connectivity index is 1.29. The highest BCUT2D eigenvalue weighted by Crippen LogP contribution is 2.22. The zero-order valence-electron chi connectivity index (χ0n) is 15.7. The number of benzene rings is 2. The first-order valence-corrected chi connectivity index (χ1v) is 9.84. The summed E-state index contributed by atoms with van der Waals surface area (Å²) in [5.41, 5.74) is 1.35. The number of carbonyl (C=O) groups is 1. The van der Waals surface area contributed by atoms with Gasteiger partial charge in [0.25, 0.3) is 0 Å². The first-order chi connectivity index (χ1) is 14.1. The van der Waals surface area contributed by atoms with E-state index in [2.05, 4.69) is 10.1 Å². The van der Waals surface area contributed by atoms with E-state index in [-0.39, 0.29) is 18.1 Å². The predicted octanol–water partition coefficient (Wildman–Crippen LogP) is 3.81. The summed E-state index contributed by atoms with van der Waals surface area (Å²) >= 11 is 5.99. The molecular formula is C21H20ClFN4O2. The van der Waals surface area contributed by atoms with E-state index < -0.39 is 0 Å². The molecule has 2 aromatic carbocycles. The summed E-state index contributed by atoms with van der Waals surface area (Å²) in [7, 11) is 0. The smallest absolute Gasteiger partial charge is 0.227 e. The largest absolute Gasteiger partial charge is 0.366 e. The highest BCUT2D eigenvalue weighted by Gasteiger charge is 2.23. The molecule has 2 heterocycles. The summed E-state index contributed by atoms with van der Waals surface area (Å²) in [6.07, 6.45) is 0.663. The van der Waals surface area contributed by atoms with Gasteiger partial charge in [-0.05, 0) is 24.3 Å². The van der Waals surface area contributed by atoms with Gasteiger partial charge in [0.05, 0.1) is 5.69 Å². The summed E-state index contributed by atoms with van der Waals surface area (Å²) in [5.74, 6) is 0.659. The lowest BCUT2D eigenvalue weighted by Crippen LogP contribution is -2.49.